The third-order valence-corrected chi connectivity index (χ3v) is 6.08. The number of nitrogens with zero attached hydrogens (tertiary/aromatic N) is 1. The van der Waals surface area contributed by atoms with Gasteiger partial charge in [-0.2, -0.15) is 0 Å². The van der Waals surface area contributed by atoms with Gasteiger partial charge in [-0.15, -0.1) is 11.8 Å². The first kappa shape index (κ1) is 24.4. The van der Waals surface area contributed by atoms with Crippen molar-refractivity contribution in [2.24, 2.45) is 0 Å². The molecule has 4 N–H and O–H groups in total. The van der Waals surface area contributed by atoms with E-state index in [9.17, 15) is 24.6 Å². The zero-order valence-electron chi connectivity index (χ0n) is 17.1. The van der Waals surface area contributed by atoms with Gasteiger partial charge in [-0.1, -0.05) is 35.5 Å². The molecule has 0 saturated carbocycles. The summed E-state index contributed by atoms with van der Waals surface area (Å²) in [4.78, 5) is 34.8. The van der Waals surface area contributed by atoms with Gasteiger partial charge >= 0.3 is 41.5 Å². The average molecular weight is 442 g/mol. The Hall–Kier alpha value is -1.85. The summed E-state index contributed by atoms with van der Waals surface area (Å²) >= 11 is 1.06. The number of carbonyl (C=O) groups is 3. The summed E-state index contributed by atoms with van der Waals surface area (Å²) in [6.45, 7) is 4.94. The van der Waals surface area contributed by atoms with Gasteiger partial charge in [0.05, 0.1) is 6.42 Å². The summed E-state index contributed by atoms with van der Waals surface area (Å²) in [5.74, 6) is -2.65. The number of thioether (sulfide) groups is 1. The normalized spacial score (nSPS) is 22.2. The van der Waals surface area contributed by atoms with E-state index in [0.29, 0.717) is 11.3 Å². The standard InChI is InChI=1S/C19H21N3O6S.Na/c1-10-13(14(22-28-10)11-7-5-4-6-8-11)16(25)21-19(9-12(23)24)20-15(17(26)27)18(2,3)29-19;/h4-8,15,20H,9H2,1-3H3,(H,21,25)(H,23,24)(H,26,27);/q;+1. The first-order valence-corrected chi connectivity index (χ1v) is 9.63. The van der Waals surface area contributed by atoms with Gasteiger partial charge in [0, 0.05) is 10.3 Å². The van der Waals surface area contributed by atoms with E-state index < -0.39 is 40.1 Å². The van der Waals surface area contributed by atoms with Gasteiger partial charge in [-0.3, -0.25) is 19.7 Å². The van der Waals surface area contributed by atoms with Gasteiger partial charge in [-0.25, -0.2) is 0 Å². The van der Waals surface area contributed by atoms with Crippen molar-refractivity contribution in [3.8, 4) is 11.3 Å². The van der Waals surface area contributed by atoms with Crippen LogP contribution in [-0.2, 0) is 9.59 Å². The van der Waals surface area contributed by atoms with E-state index in [1.165, 1.54) is 0 Å². The fraction of sp³-hybridized carbons (Fsp3) is 0.368. The molecular weight excluding hydrogens is 421 g/mol. The number of amides is 1. The molecule has 1 amide bonds. The predicted molar refractivity (Wildman–Crippen MR) is 105 cm³/mol. The van der Waals surface area contributed by atoms with Gasteiger partial charge in [0.25, 0.3) is 5.91 Å². The Labute approximate surface area is 199 Å². The predicted octanol–water partition coefficient (Wildman–Crippen LogP) is -0.919. The minimum absolute atomic E-state index is 0. The van der Waals surface area contributed by atoms with Gasteiger partial charge in [0.15, 0.2) is 4.99 Å². The van der Waals surface area contributed by atoms with Crippen LogP contribution in [0.1, 0.15) is 36.4 Å². The number of rotatable bonds is 6. The van der Waals surface area contributed by atoms with E-state index in [-0.39, 0.29) is 40.9 Å². The summed E-state index contributed by atoms with van der Waals surface area (Å²) in [5, 5.41) is 28.3. The van der Waals surface area contributed by atoms with Crippen molar-refractivity contribution in [2.75, 3.05) is 0 Å². The Morgan fingerprint density at radius 3 is 2.40 bits per heavy atom. The minimum atomic E-state index is -1.51. The van der Waals surface area contributed by atoms with E-state index in [1.807, 2.05) is 6.07 Å². The molecule has 1 fully saturated rings. The second-order valence-corrected chi connectivity index (χ2v) is 9.25. The Balaban J connectivity index is 0.00000320. The molecule has 1 aliphatic rings. The molecule has 1 aromatic carbocycles. The summed E-state index contributed by atoms with van der Waals surface area (Å²) in [6.07, 6.45) is -0.512. The first-order chi connectivity index (χ1) is 13.5. The Bertz CT molecular complexity index is 964. The van der Waals surface area contributed by atoms with Crippen LogP contribution in [0.2, 0.25) is 0 Å². The SMILES string of the molecule is Cc1onc(-c2ccccc2)c1C(=O)NC1(CC(=O)O)NC(C(=O)O)C(C)(C)S1.[Na+]. The Morgan fingerprint density at radius 2 is 1.87 bits per heavy atom. The quantitative estimate of drug-likeness (QED) is 0.418. The van der Waals surface area contributed by atoms with Crippen molar-refractivity contribution in [1.82, 2.24) is 15.8 Å². The number of aliphatic carboxylic acids is 2. The van der Waals surface area contributed by atoms with E-state index in [2.05, 4.69) is 15.8 Å². The van der Waals surface area contributed by atoms with Crippen molar-refractivity contribution in [3.05, 3.63) is 41.7 Å². The summed E-state index contributed by atoms with van der Waals surface area (Å²) in [6, 6.07) is 7.90. The first-order valence-electron chi connectivity index (χ1n) is 8.81. The van der Waals surface area contributed by atoms with Crippen molar-refractivity contribution >= 4 is 29.6 Å². The van der Waals surface area contributed by atoms with Crippen molar-refractivity contribution in [2.45, 2.75) is 43.0 Å². The number of hydrogen-bond acceptors (Lipinski definition) is 7. The second kappa shape index (κ2) is 9.11. The Morgan fingerprint density at radius 1 is 1.23 bits per heavy atom. The molecule has 0 spiro atoms. The molecule has 154 valence electrons. The zero-order valence-corrected chi connectivity index (χ0v) is 19.9. The molecule has 9 nitrogen and oxygen atoms in total. The maximum absolute atomic E-state index is 13.1. The van der Waals surface area contributed by atoms with Gasteiger partial charge in [0.2, 0.25) is 0 Å². The van der Waals surface area contributed by atoms with Crippen LogP contribution >= 0.6 is 11.8 Å². The zero-order chi connectivity index (χ0) is 21.4. The Kier molecular flexibility index (Phi) is 7.41. The molecule has 2 unspecified atom stereocenters. The van der Waals surface area contributed by atoms with E-state index in [0.717, 1.165) is 11.8 Å². The van der Waals surface area contributed by atoms with Gasteiger partial charge in [0.1, 0.15) is 23.1 Å². The molecular formula is C19H21N3NaO6S+. The van der Waals surface area contributed by atoms with Crippen LogP contribution in [-0.4, -0.2) is 49.0 Å². The number of benzene rings is 1. The van der Waals surface area contributed by atoms with E-state index in [1.54, 1.807) is 45.0 Å². The monoisotopic (exact) mass is 442 g/mol. The smallest absolute Gasteiger partial charge is 0.481 e. The average Bonchev–Trinajstić information content (AvgIpc) is 3.12. The molecule has 0 aliphatic carbocycles. The number of aryl methyl sites for hydroxylation is 1. The van der Waals surface area contributed by atoms with Gasteiger partial charge < -0.3 is 20.1 Å². The van der Waals surface area contributed by atoms with E-state index >= 15 is 0 Å². The summed E-state index contributed by atoms with van der Waals surface area (Å²) in [7, 11) is 0. The van der Waals surface area contributed by atoms with Crippen LogP contribution in [0.15, 0.2) is 34.9 Å². The van der Waals surface area contributed by atoms with Crippen LogP contribution in [0.25, 0.3) is 11.3 Å². The molecule has 3 rings (SSSR count). The second-order valence-electron chi connectivity index (χ2n) is 7.30. The molecule has 30 heavy (non-hydrogen) atoms. The maximum Gasteiger partial charge on any atom is 1.00 e. The fourth-order valence-corrected chi connectivity index (χ4v) is 5.08. The molecule has 11 heteroatoms. The van der Waals surface area contributed by atoms with Crippen molar-refractivity contribution in [1.29, 1.82) is 0 Å². The van der Waals surface area contributed by atoms with E-state index in [4.69, 9.17) is 4.52 Å². The molecule has 1 aromatic heterocycles. The minimum Gasteiger partial charge on any atom is -0.481 e. The molecule has 1 aliphatic heterocycles. The van der Waals surface area contributed by atoms with Crippen molar-refractivity contribution < 1.29 is 58.7 Å². The number of hydrogen-bond donors (Lipinski definition) is 4. The third kappa shape index (κ3) is 4.89. The third-order valence-electron chi connectivity index (χ3n) is 4.61. The topological polar surface area (TPSA) is 142 Å². The number of carboxylic acids is 2. The molecule has 2 atom stereocenters. The van der Waals surface area contributed by atoms with Crippen LogP contribution in [0.3, 0.4) is 0 Å². The molecule has 1 saturated heterocycles. The fourth-order valence-electron chi connectivity index (χ4n) is 3.39. The summed E-state index contributed by atoms with van der Waals surface area (Å²) in [5.41, 5.74) is 1.15. The maximum atomic E-state index is 13.1. The largest absolute Gasteiger partial charge is 1.00 e. The van der Waals surface area contributed by atoms with Crippen LogP contribution in [0.4, 0.5) is 0 Å². The van der Waals surface area contributed by atoms with Crippen LogP contribution in [0, 0.1) is 6.92 Å². The van der Waals surface area contributed by atoms with Crippen LogP contribution in [0.5, 0.6) is 0 Å². The van der Waals surface area contributed by atoms with Crippen molar-refractivity contribution in [3.63, 3.8) is 0 Å². The summed E-state index contributed by atoms with van der Waals surface area (Å²) < 4.78 is 4.34. The molecule has 2 aromatic rings. The number of carboxylic acid groups (broad SMARTS) is 2. The number of aromatic nitrogens is 1. The van der Waals surface area contributed by atoms with Crippen LogP contribution < -0.4 is 40.2 Å². The number of carbonyl (C=O) groups excluding carboxylic acids is 1. The molecule has 2 heterocycles. The molecule has 0 radical (unpaired) electrons. The molecule has 0 bridgehead atoms. The number of nitrogens with one attached hydrogen (secondary N) is 2. The van der Waals surface area contributed by atoms with Gasteiger partial charge in [-0.05, 0) is 20.8 Å².